The average molecular weight is 322 g/mol. The number of fused-ring (bicyclic) bond motifs is 1. The third-order valence-corrected chi connectivity index (χ3v) is 3.04. The molecule has 1 heterocycles. The molecule has 0 aliphatic rings. The number of ether oxygens (including phenoxy) is 2. The molecule has 0 spiro atoms. The molecule has 0 atom stereocenters. The quantitative estimate of drug-likeness (QED) is 0.522. The van der Waals surface area contributed by atoms with Crippen molar-refractivity contribution in [1.29, 1.82) is 0 Å². The summed E-state index contributed by atoms with van der Waals surface area (Å²) >= 11 is 6.00. The molecule has 1 aromatic carbocycles. The summed E-state index contributed by atoms with van der Waals surface area (Å²) in [5, 5.41) is 3.68. The molecule has 1 aromatic heterocycles. The van der Waals surface area contributed by atoms with E-state index in [1.807, 2.05) is 0 Å². The van der Waals surface area contributed by atoms with E-state index in [2.05, 4.69) is 24.8 Å². The second-order valence-corrected chi connectivity index (χ2v) is 4.45. The van der Waals surface area contributed by atoms with E-state index in [1.54, 1.807) is 18.2 Å². The zero-order chi connectivity index (χ0) is 16.1. The second-order valence-electron chi connectivity index (χ2n) is 4.09. The summed E-state index contributed by atoms with van der Waals surface area (Å²) in [6.07, 6.45) is 2.36. The van der Waals surface area contributed by atoms with Crippen LogP contribution in [0.3, 0.4) is 0 Å². The summed E-state index contributed by atoms with van der Waals surface area (Å²) in [6.45, 7) is 0. The van der Waals surface area contributed by atoms with Gasteiger partial charge in [0.15, 0.2) is 0 Å². The van der Waals surface area contributed by atoms with Crippen molar-refractivity contribution in [3.63, 3.8) is 0 Å². The summed E-state index contributed by atoms with van der Waals surface area (Å²) in [5.74, 6) is -1.39. The van der Waals surface area contributed by atoms with E-state index in [1.165, 1.54) is 20.5 Å². The molecule has 22 heavy (non-hydrogen) atoms. The first-order valence-electron chi connectivity index (χ1n) is 6.10. The Morgan fingerprint density at radius 1 is 1.23 bits per heavy atom. The number of hydrogen-bond acceptors (Lipinski definition) is 7. The van der Waals surface area contributed by atoms with Gasteiger partial charge in [0.2, 0.25) is 0 Å². The van der Waals surface area contributed by atoms with Gasteiger partial charge in [-0.1, -0.05) is 11.6 Å². The van der Waals surface area contributed by atoms with Crippen LogP contribution < -0.4 is 5.32 Å². The average Bonchev–Trinajstić information content (AvgIpc) is 2.54. The van der Waals surface area contributed by atoms with E-state index in [0.717, 1.165) is 6.08 Å². The molecular formula is C14H12ClN3O4. The maximum absolute atomic E-state index is 11.7. The van der Waals surface area contributed by atoms with Crippen molar-refractivity contribution in [3.05, 3.63) is 41.5 Å². The Kier molecular flexibility index (Phi) is 4.90. The number of carbonyl (C=O) groups is 2. The number of hydrogen-bond donors (Lipinski definition) is 1. The first kappa shape index (κ1) is 15.7. The molecule has 114 valence electrons. The summed E-state index contributed by atoms with van der Waals surface area (Å²) in [4.78, 5) is 31.0. The molecule has 0 amide bonds. The van der Waals surface area contributed by atoms with Crippen molar-refractivity contribution in [2.75, 3.05) is 19.5 Å². The largest absolute Gasteiger partial charge is 0.466 e. The van der Waals surface area contributed by atoms with Gasteiger partial charge < -0.3 is 14.8 Å². The summed E-state index contributed by atoms with van der Waals surface area (Å²) in [6, 6.07) is 5.05. The zero-order valence-electron chi connectivity index (χ0n) is 11.8. The number of nitrogens with one attached hydrogen (secondary N) is 1. The highest BCUT2D eigenvalue weighted by Gasteiger charge is 2.13. The van der Waals surface area contributed by atoms with Crippen molar-refractivity contribution >= 4 is 40.1 Å². The Balaban J connectivity index is 2.38. The number of nitrogens with zero attached hydrogens (tertiary/aromatic N) is 2. The van der Waals surface area contributed by atoms with Gasteiger partial charge in [0.25, 0.3) is 0 Å². The normalized spacial score (nSPS) is 11.1. The van der Waals surface area contributed by atoms with Crippen LogP contribution in [-0.2, 0) is 19.1 Å². The number of carbonyl (C=O) groups excluding carboxylic acids is 2. The Bertz CT molecular complexity index is 761. The summed E-state index contributed by atoms with van der Waals surface area (Å²) in [7, 11) is 2.42. The molecule has 2 rings (SSSR count). The minimum absolute atomic E-state index is 0.0679. The van der Waals surface area contributed by atoms with E-state index in [0.29, 0.717) is 16.6 Å². The van der Waals surface area contributed by atoms with Gasteiger partial charge in [-0.2, -0.15) is 0 Å². The Labute approximate surface area is 130 Å². The minimum atomic E-state index is -0.707. The van der Waals surface area contributed by atoms with Gasteiger partial charge in [0.05, 0.1) is 25.8 Å². The molecule has 0 bridgehead atoms. The smallest absolute Gasteiger partial charge is 0.354 e. The van der Waals surface area contributed by atoms with Crippen molar-refractivity contribution in [2.24, 2.45) is 0 Å². The predicted octanol–water partition coefficient (Wildman–Crippen LogP) is 1.92. The topological polar surface area (TPSA) is 90.4 Å². The maximum atomic E-state index is 11.7. The molecule has 0 fully saturated rings. The fraction of sp³-hybridized carbons (Fsp3) is 0.143. The van der Waals surface area contributed by atoms with E-state index >= 15 is 0 Å². The van der Waals surface area contributed by atoms with Gasteiger partial charge in [-0.25, -0.2) is 19.6 Å². The lowest BCUT2D eigenvalue weighted by molar-refractivity contribution is -0.138. The fourth-order valence-electron chi connectivity index (χ4n) is 1.69. The van der Waals surface area contributed by atoms with Crippen LogP contribution in [0.25, 0.3) is 10.9 Å². The molecule has 0 saturated heterocycles. The highest BCUT2D eigenvalue weighted by Crippen LogP contribution is 2.23. The standard InChI is InChI=1S/C14H12ClN3O4/c1-21-12(19)6-11(14(20)22-2)18-8-3-4-10-9(5-8)13(15)17-7-16-10/h3-7,18H,1-2H3/b11-6+. The molecule has 0 aliphatic heterocycles. The van der Waals surface area contributed by atoms with Crippen LogP contribution in [0.15, 0.2) is 36.3 Å². The SMILES string of the molecule is COC(=O)/C=C(/Nc1ccc2ncnc(Cl)c2c1)C(=O)OC. The number of aromatic nitrogens is 2. The highest BCUT2D eigenvalue weighted by molar-refractivity contribution is 6.34. The molecular weight excluding hydrogens is 310 g/mol. The van der Waals surface area contributed by atoms with Gasteiger partial charge >= 0.3 is 11.9 Å². The molecule has 7 nitrogen and oxygen atoms in total. The molecule has 0 unspecified atom stereocenters. The third kappa shape index (κ3) is 3.50. The Morgan fingerprint density at radius 3 is 2.68 bits per heavy atom. The van der Waals surface area contributed by atoms with Crippen molar-refractivity contribution in [1.82, 2.24) is 9.97 Å². The van der Waals surface area contributed by atoms with Gasteiger partial charge in [-0.15, -0.1) is 0 Å². The molecule has 0 radical (unpaired) electrons. The Morgan fingerprint density at radius 2 is 2.00 bits per heavy atom. The van der Waals surface area contributed by atoms with Crippen LogP contribution in [0.4, 0.5) is 5.69 Å². The number of esters is 2. The number of methoxy groups -OCH3 is 2. The van der Waals surface area contributed by atoms with Gasteiger partial charge in [-0.3, -0.25) is 0 Å². The van der Waals surface area contributed by atoms with Crippen LogP contribution >= 0.6 is 11.6 Å². The lowest BCUT2D eigenvalue weighted by Crippen LogP contribution is -2.15. The Hall–Kier alpha value is -2.67. The van der Waals surface area contributed by atoms with Crippen LogP contribution in [0.2, 0.25) is 5.15 Å². The monoisotopic (exact) mass is 321 g/mol. The molecule has 2 aromatic rings. The lowest BCUT2D eigenvalue weighted by Gasteiger charge is -2.10. The van der Waals surface area contributed by atoms with E-state index in [4.69, 9.17) is 11.6 Å². The number of halogens is 1. The summed E-state index contributed by atoms with van der Waals surface area (Å²) in [5.41, 5.74) is 1.11. The van der Waals surface area contributed by atoms with E-state index in [-0.39, 0.29) is 10.9 Å². The number of benzene rings is 1. The number of anilines is 1. The molecule has 1 N–H and O–H groups in total. The molecule has 0 aliphatic carbocycles. The van der Waals surface area contributed by atoms with E-state index in [9.17, 15) is 9.59 Å². The lowest BCUT2D eigenvalue weighted by atomic mass is 10.2. The first-order valence-corrected chi connectivity index (χ1v) is 6.48. The van der Waals surface area contributed by atoms with Crippen molar-refractivity contribution in [3.8, 4) is 0 Å². The molecule has 0 saturated carbocycles. The van der Waals surface area contributed by atoms with Gasteiger partial charge in [0.1, 0.15) is 17.2 Å². The number of rotatable bonds is 4. The van der Waals surface area contributed by atoms with Crippen molar-refractivity contribution in [2.45, 2.75) is 0 Å². The maximum Gasteiger partial charge on any atom is 0.354 e. The first-order chi connectivity index (χ1) is 10.5. The van der Waals surface area contributed by atoms with E-state index < -0.39 is 11.9 Å². The van der Waals surface area contributed by atoms with Crippen LogP contribution in [0.1, 0.15) is 0 Å². The van der Waals surface area contributed by atoms with Crippen molar-refractivity contribution < 1.29 is 19.1 Å². The van der Waals surface area contributed by atoms with Crippen LogP contribution in [-0.4, -0.2) is 36.1 Å². The van der Waals surface area contributed by atoms with Gasteiger partial charge in [-0.05, 0) is 18.2 Å². The van der Waals surface area contributed by atoms with Crippen LogP contribution in [0, 0.1) is 0 Å². The minimum Gasteiger partial charge on any atom is -0.466 e. The zero-order valence-corrected chi connectivity index (χ0v) is 12.5. The van der Waals surface area contributed by atoms with Gasteiger partial charge in [0, 0.05) is 11.1 Å². The fourth-order valence-corrected chi connectivity index (χ4v) is 1.89. The second kappa shape index (κ2) is 6.86. The third-order valence-electron chi connectivity index (χ3n) is 2.73. The predicted molar refractivity (Wildman–Crippen MR) is 80.3 cm³/mol. The highest BCUT2D eigenvalue weighted by atomic mass is 35.5. The summed E-state index contributed by atoms with van der Waals surface area (Å²) < 4.78 is 9.11. The van der Waals surface area contributed by atoms with Crippen LogP contribution in [0.5, 0.6) is 0 Å². The molecule has 8 heteroatoms.